The van der Waals surface area contributed by atoms with Crippen molar-refractivity contribution < 1.29 is 33.6 Å². The third-order valence-corrected chi connectivity index (χ3v) is 9.04. The number of ether oxygens (including phenoxy) is 4. The van der Waals surface area contributed by atoms with E-state index in [1.807, 2.05) is 49.4 Å². The van der Waals surface area contributed by atoms with Gasteiger partial charge in [0, 0.05) is 12.5 Å². The minimum atomic E-state index is -1.35. The van der Waals surface area contributed by atoms with E-state index < -0.39 is 23.3 Å². The van der Waals surface area contributed by atoms with Crippen molar-refractivity contribution in [2.45, 2.75) is 76.4 Å². The monoisotopic (exact) mass is 567 g/mol. The highest BCUT2D eigenvalue weighted by molar-refractivity contribution is 5.91. The number of carboxylic acids is 1. The zero-order chi connectivity index (χ0) is 29.4. The Kier molecular flexibility index (Phi) is 10.5. The van der Waals surface area contributed by atoms with Crippen molar-refractivity contribution in [1.29, 1.82) is 0 Å². The lowest BCUT2D eigenvalue weighted by atomic mass is 9.72. The molecule has 1 aliphatic heterocycles. The first kappa shape index (κ1) is 30.7. The van der Waals surface area contributed by atoms with Crippen LogP contribution in [0.2, 0.25) is 0 Å². The fourth-order valence-electron chi connectivity index (χ4n) is 6.85. The molecular formula is C33H45NO7. The van der Waals surface area contributed by atoms with Crippen LogP contribution in [0.1, 0.15) is 75.3 Å². The molecule has 2 fully saturated rings. The van der Waals surface area contributed by atoms with Crippen LogP contribution in [-0.4, -0.2) is 61.9 Å². The van der Waals surface area contributed by atoms with E-state index in [1.165, 1.54) is 0 Å². The molecule has 224 valence electrons. The van der Waals surface area contributed by atoms with Gasteiger partial charge in [0.2, 0.25) is 11.7 Å². The largest absolute Gasteiger partial charge is 0.493 e. The second kappa shape index (κ2) is 14.1. The maximum absolute atomic E-state index is 14.8. The van der Waals surface area contributed by atoms with Gasteiger partial charge in [-0.3, -0.25) is 4.79 Å². The van der Waals surface area contributed by atoms with Crippen molar-refractivity contribution >= 4 is 11.9 Å². The van der Waals surface area contributed by atoms with Gasteiger partial charge in [-0.15, -0.1) is 0 Å². The van der Waals surface area contributed by atoms with E-state index in [0.717, 1.165) is 56.1 Å². The van der Waals surface area contributed by atoms with Gasteiger partial charge in [0.1, 0.15) is 5.54 Å². The number of hydrogen-bond acceptors (Lipinski definition) is 6. The SMILES string of the molecule is COc1cc(C(C(=O)N2CCCCC2(C(=O)O)C(C)COCc2ccccc2)C2CCCCC2)cc(OC)c1OC. The maximum Gasteiger partial charge on any atom is 0.330 e. The van der Waals surface area contributed by atoms with E-state index in [1.54, 1.807) is 26.2 Å². The molecule has 0 bridgehead atoms. The first-order chi connectivity index (χ1) is 19.9. The predicted octanol–water partition coefficient (Wildman–Crippen LogP) is 6.07. The first-order valence-electron chi connectivity index (χ1n) is 14.8. The average molecular weight is 568 g/mol. The molecule has 3 atom stereocenters. The summed E-state index contributed by atoms with van der Waals surface area (Å²) in [4.78, 5) is 29.6. The third-order valence-electron chi connectivity index (χ3n) is 9.04. The first-order valence-corrected chi connectivity index (χ1v) is 14.8. The molecule has 1 N–H and O–H groups in total. The number of nitrogens with zero attached hydrogens (tertiary/aromatic N) is 1. The molecule has 1 saturated carbocycles. The number of piperidine rings is 1. The predicted molar refractivity (Wildman–Crippen MR) is 157 cm³/mol. The van der Waals surface area contributed by atoms with Crippen LogP contribution in [0.5, 0.6) is 17.2 Å². The molecular weight excluding hydrogens is 522 g/mol. The smallest absolute Gasteiger partial charge is 0.330 e. The van der Waals surface area contributed by atoms with E-state index in [-0.39, 0.29) is 18.4 Å². The van der Waals surface area contributed by atoms with E-state index in [9.17, 15) is 14.7 Å². The van der Waals surface area contributed by atoms with Gasteiger partial charge in [0.25, 0.3) is 0 Å². The van der Waals surface area contributed by atoms with Crippen molar-refractivity contribution in [3.63, 3.8) is 0 Å². The number of carboxylic acid groups (broad SMARTS) is 1. The second-order valence-electron chi connectivity index (χ2n) is 11.4. The van der Waals surface area contributed by atoms with Gasteiger partial charge in [0.15, 0.2) is 11.5 Å². The van der Waals surface area contributed by atoms with Gasteiger partial charge >= 0.3 is 5.97 Å². The number of benzene rings is 2. The summed E-state index contributed by atoms with van der Waals surface area (Å²) in [6, 6.07) is 13.6. The number of hydrogen-bond donors (Lipinski definition) is 1. The molecule has 2 aromatic carbocycles. The van der Waals surface area contributed by atoms with Crippen molar-refractivity contribution in [3.05, 3.63) is 53.6 Å². The Morgan fingerprint density at radius 1 is 0.951 bits per heavy atom. The summed E-state index contributed by atoms with van der Waals surface area (Å²) < 4.78 is 22.9. The molecule has 0 spiro atoms. The van der Waals surface area contributed by atoms with E-state index >= 15 is 0 Å². The van der Waals surface area contributed by atoms with Crippen LogP contribution in [0.25, 0.3) is 0 Å². The summed E-state index contributed by atoms with van der Waals surface area (Å²) >= 11 is 0. The summed E-state index contributed by atoms with van der Waals surface area (Å²) in [6.45, 7) is 2.94. The molecule has 3 unspecified atom stereocenters. The molecule has 1 saturated heterocycles. The van der Waals surface area contributed by atoms with Crippen LogP contribution in [0, 0.1) is 11.8 Å². The minimum absolute atomic E-state index is 0.0946. The van der Waals surface area contributed by atoms with Crippen LogP contribution in [-0.2, 0) is 20.9 Å². The highest BCUT2D eigenvalue weighted by Gasteiger charge is 2.53. The van der Waals surface area contributed by atoms with E-state index in [4.69, 9.17) is 18.9 Å². The zero-order valence-corrected chi connectivity index (χ0v) is 24.9. The van der Waals surface area contributed by atoms with Crippen LogP contribution >= 0.6 is 0 Å². The number of rotatable bonds is 12. The van der Waals surface area contributed by atoms with Crippen LogP contribution in [0.15, 0.2) is 42.5 Å². The molecule has 1 heterocycles. The molecule has 1 amide bonds. The Balaban J connectivity index is 1.70. The van der Waals surface area contributed by atoms with Gasteiger partial charge in [-0.2, -0.15) is 0 Å². The van der Waals surface area contributed by atoms with Crippen molar-refractivity contribution in [3.8, 4) is 17.2 Å². The molecule has 2 aromatic rings. The average Bonchev–Trinajstić information content (AvgIpc) is 3.01. The Hall–Kier alpha value is -3.26. The summed E-state index contributed by atoms with van der Waals surface area (Å²) in [6.07, 6.45) is 6.98. The standard InChI is InChI=1S/C33H45NO7/c1-23(21-41-22-24-13-7-5-8-14-24)33(32(36)37)17-11-12-18-34(33)31(35)29(25-15-9-6-10-16-25)26-19-27(38-2)30(40-4)28(20-26)39-3/h5,7-8,13-14,19-20,23,25,29H,6,9-12,15-18,21-22H2,1-4H3,(H,36,37). The van der Waals surface area contributed by atoms with E-state index in [0.29, 0.717) is 36.8 Å². The molecule has 0 aromatic heterocycles. The Morgan fingerprint density at radius 2 is 1.61 bits per heavy atom. The second-order valence-corrected chi connectivity index (χ2v) is 11.4. The summed E-state index contributed by atoms with van der Waals surface area (Å²) in [5, 5.41) is 10.8. The number of aliphatic carboxylic acids is 1. The van der Waals surface area contributed by atoms with Crippen LogP contribution in [0.4, 0.5) is 0 Å². The Labute approximate surface area is 243 Å². The molecule has 8 heteroatoms. The van der Waals surface area contributed by atoms with Crippen molar-refractivity contribution in [1.82, 2.24) is 4.90 Å². The molecule has 2 aliphatic rings. The van der Waals surface area contributed by atoms with Gasteiger partial charge in [0.05, 0.1) is 40.5 Å². The number of carbonyl (C=O) groups excluding carboxylic acids is 1. The van der Waals surface area contributed by atoms with Crippen molar-refractivity contribution in [2.24, 2.45) is 11.8 Å². The van der Waals surface area contributed by atoms with Crippen LogP contribution < -0.4 is 14.2 Å². The fourth-order valence-corrected chi connectivity index (χ4v) is 6.85. The Bertz CT molecular complexity index is 1140. The quantitative estimate of drug-likeness (QED) is 0.333. The molecule has 41 heavy (non-hydrogen) atoms. The number of methoxy groups -OCH3 is 3. The lowest BCUT2D eigenvalue weighted by molar-refractivity contribution is -0.171. The highest BCUT2D eigenvalue weighted by atomic mass is 16.5. The Morgan fingerprint density at radius 3 is 2.20 bits per heavy atom. The lowest BCUT2D eigenvalue weighted by Crippen LogP contribution is -2.64. The molecule has 8 nitrogen and oxygen atoms in total. The summed E-state index contributed by atoms with van der Waals surface area (Å²) in [5.41, 5.74) is 0.453. The number of amides is 1. The maximum atomic E-state index is 14.8. The number of carbonyl (C=O) groups is 2. The number of likely N-dealkylation sites (tertiary alicyclic amines) is 1. The van der Waals surface area contributed by atoms with Gasteiger partial charge < -0.3 is 29.0 Å². The summed E-state index contributed by atoms with van der Waals surface area (Å²) in [7, 11) is 4.69. The lowest BCUT2D eigenvalue weighted by Gasteiger charge is -2.49. The summed E-state index contributed by atoms with van der Waals surface area (Å²) in [5.74, 6) is -0.481. The normalized spacial score (nSPS) is 21.1. The topological polar surface area (TPSA) is 94.5 Å². The van der Waals surface area contributed by atoms with Gasteiger partial charge in [-0.1, -0.05) is 56.5 Å². The zero-order valence-electron chi connectivity index (χ0n) is 24.9. The molecule has 4 rings (SSSR count). The van der Waals surface area contributed by atoms with Crippen molar-refractivity contribution in [2.75, 3.05) is 34.5 Å². The van der Waals surface area contributed by atoms with Gasteiger partial charge in [-0.25, -0.2) is 4.79 Å². The molecule has 1 aliphatic carbocycles. The minimum Gasteiger partial charge on any atom is -0.493 e. The highest BCUT2D eigenvalue weighted by Crippen LogP contribution is 2.46. The third kappa shape index (κ3) is 6.48. The molecule has 0 radical (unpaired) electrons. The van der Waals surface area contributed by atoms with Gasteiger partial charge in [-0.05, 0) is 61.3 Å². The van der Waals surface area contributed by atoms with Crippen LogP contribution in [0.3, 0.4) is 0 Å². The van der Waals surface area contributed by atoms with E-state index in [2.05, 4.69) is 0 Å². The fraction of sp³-hybridized carbons (Fsp3) is 0.576.